The molecule has 0 amide bonds. The van der Waals surface area contributed by atoms with E-state index in [1.807, 2.05) is 36.4 Å². The van der Waals surface area contributed by atoms with Crippen molar-refractivity contribution in [3.63, 3.8) is 0 Å². The van der Waals surface area contributed by atoms with Crippen molar-refractivity contribution in [2.45, 2.75) is 44.3 Å². The van der Waals surface area contributed by atoms with Crippen molar-refractivity contribution in [3.05, 3.63) is 65.7 Å². The third-order valence-electron chi connectivity index (χ3n) is 5.18. The first-order chi connectivity index (χ1) is 12.8. The molecule has 0 unspecified atom stereocenters. The molecule has 1 fully saturated rings. The smallest absolute Gasteiger partial charge is 0.162 e. The molecular formula is C22H25NO3. The van der Waals surface area contributed by atoms with Crippen molar-refractivity contribution >= 4 is 5.70 Å². The molecule has 1 heterocycles. The Bertz CT molecular complexity index is 779. The van der Waals surface area contributed by atoms with Gasteiger partial charge < -0.3 is 9.47 Å². The predicted octanol–water partition coefficient (Wildman–Crippen LogP) is 4.85. The van der Waals surface area contributed by atoms with Crippen LogP contribution in [0.3, 0.4) is 0 Å². The van der Waals surface area contributed by atoms with Crippen LogP contribution in [0.2, 0.25) is 0 Å². The second-order valence-corrected chi connectivity index (χ2v) is 7.03. The van der Waals surface area contributed by atoms with Gasteiger partial charge in [0.15, 0.2) is 11.5 Å². The maximum absolute atomic E-state index is 6.03. The third-order valence-corrected chi connectivity index (χ3v) is 5.18. The van der Waals surface area contributed by atoms with Crippen molar-refractivity contribution < 1.29 is 14.3 Å². The Kier molecular flexibility index (Phi) is 4.85. The highest BCUT2D eigenvalue weighted by Crippen LogP contribution is 2.39. The zero-order valence-electron chi connectivity index (χ0n) is 15.2. The van der Waals surface area contributed by atoms with Gasteiger partial charge in [0.25, 0.3) is 0 Å². The zero-order valence-corrected chi connectivity index (χ0v) is 15.2. The Labute approximate surface area is 154 Å². The molecule has 1 aliphatic carbocycles. The molecule has 4 rings (SSSR count). The first kappa shape index (κ1) is 17.0. The van der Waals surface area contributed by atoms with Gasteiger partial charge in [0.05, 0.1) is 12.8 Å². The van der Waals surface area contributed by atoms with E-state index in [2.05, 4.69) is 23.7 Å². The molecule has 2 aromatic carbocycles. The van der Waals surface area contributed by atoms with Crippen molar-refractivity contribution in [3.8, 4) is 11.5 Å². The lowest BCUT2D eigenvalue weighted by atomic mass is 9.84. The first-order valence-electron chi connectivity index (χ1n) is 9.30. The lowest BCUT2D eigenvalue weighted by Gasteiger charge is -2.29. The quantitative estimate of drug-likeness (QED) is 0.836. The standard InChI is InChI=1S/C22H25NO3/c1-24-20-11-10-18(14-21(20)25-16-17-8-4-2-5-9-17)19-15-22(26-23-19)12-6-3-7-13-22/h2,4-5,8-11,14-15,23H,3,6-7,12-13,16H2,1H3. The summed E-state index contributed by atoms with van der Waals surface area (Å²) in [5.74, 6) is 1.47. The van der Waals surface area contributed by atoms with Gasteiger partial charge in [-0.3, -0.25) is 10.3 Å². The maximum atomic E-state index is 6.03. The summed E-state index contributed by atoms with van der Waals surface area (Å²) in [7, 11) is 1.66. The summed E-state index contributed by atoms with van der Waals surface area (Å²) in [5.41, 5.74) is 6.19. The van der Waals surface area contributed by atoms with Crippen molar-refractivity contribution in [2.24, 2.45) is 0 Å². The second kappa shape index (κ2) is 7.42. The minimum absolute atomic E-state index is 0.140. The second-order valence-electron chi connectivity index (χ2n) is 7.03. The first-order valence-corrected chi connectivity index (χ1v) is 9.30. The van der Waals surface area contributed by atoms with Crippen LogP contribution in [-0.4, -0.2) is 12.7 Å². The zero-order chi connectivity index (χ0) is 17.8. The normalized spacial score (nSPS) is 18.3. The van der Waals surface area contributed by atoms with Gasteiger partial charge in [-0.15, -0.1) is 0 Å². The molecule has 2 aliphatic rings. The average Bonchev–Trinajstić information content (AvgIpc) is 3.10. The van der Waals surface area contributed by atoms with Crippen molar-refractivity contribution in [1.29, 1.82) is 0 Å². The molecule has 0 saturated heterocycles. The Balaban J connectivity index is 1.55. The van der Waals surface area contributed by atoms with Crippen molar-refractivity contribution in [1.82, 2.24) is 5.48 Å². The predicted molar refractivity (Wildman–Crippen MR) is 102 cm³/mol. The van der Waals surface area contributed by atoms with E-state index in [0.717, 1.165) is 41.2 Å². The van der Waals surface area contributed by atoms with Crippen LogP contribution in [0, 0.1) is 0 Å². The number of methoxy groups -OCH3 is 1. The highest BCUT2D eigenvalue weighted by atomic mass is 16.7. The minimum atomic E-state index is -0.140. The number of nitrogens with one attached hydrogen (secondary N) is 1. The Morgan fingerprint density at radius 3 is 2.58 bits per heavy atom. The highest BCUT2D eigenvalue weighted by Gasteiger charge is 2.36. The van der Waals surface area contributed by atoms with Crippen LogP contribution in [0.5, 0.6) is 11.5 Å². The molecule has 1 saturated carbocycles. The van der Waals surface area contributed by atoms with Crippen LogP contribution in [0.1, 0.15) is 43.2 Å². The summed E-state index contributed by atoms with van der Waals surface area (Å²) < 4.78 is 11.5. The van der Waals surface area contributed by atoms with E-state index in [4.69, 9.17) is 14.3 Å². The van der Waals surface area contributed by atoms with Gasteiger partial charge in [0.2, 0.25) is 0 Å². The van der Waals surface area contributed by atoms with Crippen LogP contribution in [0.25, 0.3) is 5.70 Å². The van der Waals surface area contributed by atoms with E-state index >= 15 is 0 Å². The number of benzene rings is 2. The monoisotopic (exact) mass is 351 g/mol. The van der Waals surface area contributed by atoms with Gasteiger partial charge in [0, 0.05) is 5.56 Å². The van der Waals surface area contributed by atoms with E-state index in [1.54, 1.807) is 7.11 Å². The van der Waals surface area contributed by atoms with Gasteiger partial charge in [-0.2, -0.15) is 0 Å². The van der Waals surface area contributed by atoms with Gasteiger partial charge in [-0.05, 0) is 42.7 Å². The summed E-state index contributed by atoms with van der Waals surface area (Å²) in [4.78, 5) is 5.96. The average molecular weight is 351 g/mol. The van der Waals surface area contributed by atoms with Gasteiger partial charge in [0.1, 0.15) is 12.2 Å². The number of rotatable bonds is 5. The van der Waals surface area contributed by atoms with Gasteiger partial charge in [-0.25, -0.2) is 0 Å². The molecule has 4 nitrogen and oxygen atoms in total. The lowest BCUT2D eigenvalue weighted by molar-refractivity contribution is -0.0557. The van der Waals surface area contributed by atoms with E-state index < -0.39 is 0 Å². The molecule has 0 aromatic heterocycles. The number of hydrogen-bond donors (Lipinski definition) is 1. The third kappa shape index (κ3) is 3.56. The Hall–Kier alpha value is -2.46. The fourth-order valence-electron chi connectivity index (χ4n) is 3.71. The maximum Gasteiger partial charge on any atom is 0.162 e. The molecule has 2 aromatic rings. The number of ether oxygens (including phenoxy) is 2. The SMILES string of the molecule is COc1ccc(C2=CC3(CCCCC3)ON2)cc1OCc1ccccc1. The summed E-state index contributed by atoms with van der Waals surface area (Å²) in [6.45, 7) is 0.508. The lowest BCUT2D eigenvalue weighted by Crippen LogP contribution is -2.31. The molecule has 0 bridgehead atoms. The molecule has 26 heavy (non-hydrogen) atoms. The van der Waals surface area contributed by atoms with Crippen LogP contribution in [0.4, 0.5) is 0 Å². The highest BCUT2D eigenvalue weighted by molar-refractivity contribution is 5.68. The molecule has 1 N–H and O–H groups in total. The van der Waals surface area contributed by atoms with Crippen LogP contribution < -0.4 is 15.0 Å². The summed E-state index contributed by atoms with van der Waals surface area (Å²) in [6.07, 6.45) is 8.15. The van der Waals surface area contributed by atoms with E-state index in [9.17, 15) is 0 Å². The molecule has 1 aliphatic heterocycles. The Morgan fingerprint density at radius 2 is 1.81 bits per heavy atom. The molecular weight excluding hydrogens is 326 g/mol. The number of hydroxylamine groups is 1. The fourth-order valence-corrected chi connectivity index (χ4v) is 3.71. The minimum Gasteiger partial charge on any atom is -0.493 e. The molecule has 0 atom stereocenters. The topological polar surface area (TPSA) is 39.7 Å². The molecule has 136 valence electrons. The molecule has 0 radical (unpaired) electrons. The number of hydrogen-bond acceptors (Lipinski definition) is 4. The molecule has 1 spiro atoms. The van der Waals surface area contributed by atoms with E-state index in [0.29, 0.717) is 6.61 Å². The fraction of sp³-hybridized carbons (Fsp3) is 0.364. The molecule has 4 heteroatoms. The largest absolute Gasteiger partial charge is 0.493 e. The van der Waals surface area contributed by atoms with E-state index in [-0.39, 0.29) is 5.60 Å². The van der Waals surface area contributed by atoms with Gasteiger partial charge >= 0.3 is 0 Å². The summed E-state index contributed by atoms with van der Waals surface area (Å²) in [6, 6.07) is 16.1. The summed E-state index contributed by atoms with van der Waals surface area (Å²) in [5, 5.41) is 0. The summed E-state index contributed by atoms with van der Waals surface area (Å²) >= 11 is 0. The Morgan fingerprint density at radius 1 is 1.00 bits per heavy atom. The van der Waals surface area contributed by atoms with Crippen LogP contribution in [-0.2, 0) is 11.4 Å². The van der Waals surface area contributed by atoms with Crippen molar-refractivity contribution in [2.75, 3.05) is 7.11 Å². The van der Waals surface area contributed by atoms with Crippen LogP contribution >= 0.6 is 0 Å². The van der Waals surface area contributed by atoms with E-state index in [1.165, 1.54) is 19.3 Å². The van der Waals surface area contributed by atoms with Gasteiger partial charge in [-0.1, -0.05) is 49.6 Å². The van der Waals surface area contributed by atoms with Crippen LogP contribution in [0.15, 0.2) is 54.6 Å².